The van der Waals surface area contributed by atoms with E-state index < -0.39 is 0 Å². The third-order valence-electron chi connectivity index (χ3n) is 4.04. The average molecular weight is 232 g/mol. The van der Waals surface area contributed by atoms with Gasteiger partial charge in [-0.15, -0.1) is 0 Å². The van der Waals surface area contributed by atoms with Crippen LogP contribution in [0.3, 0.4) is 0 Å². The highest BCUT2D eigenvalue weighted by molar-refractivity contribution is 6.11. The number of hydrogen-bond donors (Lipinski definition) is 0. The van der Waals surface area contributed by atoms with E-state index in [2.05, 4.69) is 13.0 Å². The lowest BCUT2D eigenvalue weighted by molar-refractivity contribution is -0.111. The summed E-state index contributed by atoms with van der Waals surface area (Å²) in [7, 11) is 0. The lowest BCUT2D eigenvalue weighted by atomic mass is 10.0. The van der Waals surface area contributed by atoms with Gasteiger partial charge >= 0.3 is 0 Å². The number of hydrogen-bond acceptors (Lipinski definition) is 1. The van der Waals surface area contributed by atoms with Crippen LogP contribution in [0.25, 0.3) is 0 Å². The molecule has 0 aromatic heterocycles. The summed E-state index contributed by atoms with van der Waals surface area (Å²) in [4.78, 5) is 12.2. The van der Waals surface area contributed by atoms with Crippen LogP contribution in [0.4, 0.5) is 0 Å². The largest absolute Gasteiger partial charge is 0.289 e. The molecule has 2 rings (SSSR count). The van der Waals surface area contributed by atoms with Crippen LogP contribution >= 0.6 is 0 Å². The Morgan fingerprint density at radius 2 is 1.82 bits per heavy atom. The average Bonchev–Trinajstić information content (AvgIpc) is 2.95. The first-order valence-electron chi connectivity index (χ1n) is 7.27. The Labute approximate surface area is 105 Å². The van der Waals surface area contributed by atoms with E-state index in [0.717, 1.165) is 24.8 Å². The van der Waals surface area contributed by atoms with Crippen molar-refractivity contribution in [3.63, 3.8) is 0 Å². The van der Waals surface area contributed by atoms with E-state index in [0.29, 0.717) is 5.78 Å². The summed E-state index contributed by atoms with van der Waals surface area (Å²) in [6.45, 7) is 2.22. The molecule has 2 fully saturated rings. The molecule has 0 N–H and O–H groups in total. The molecule has 0 atom stereocenters. The molecule has 17 heavy (non-hydrogen) atoms. The minimum absolute atomic E-state index is 0.387. The number of ketones is 1. The number of carbonyl (C=O) groups is 1. The maximum atomic E-state index is 12.2. The number of carbonyl (C=O) groups excluding carboxylic acids is 1. The predicted octanol–water partition coefficient (Wildman–Crippen LogP) is 4.73. The molecule has 1 heteroatoms. The van der Waals surface area contributed by atoms with Gasteiger partial charge in [-0.2, -0.15) is 0 Å². The van der Waals surface area contributed by atoms with Crippen molar-refractivity contribution in [1.29, 1.82) is 0 Å². The monoisotopic (exact) mass is 232 g/mol. The Hall–Kier alpha value is -0.850. The SMILES string of the molecule is CCCCC/C=C1/CCC(=C2CCCC2)C1=O. The van der Waals surface area contributed by atoms with E-state index in [1.54, 1.807) is 0 Å². The second-order valence-corrected chi connectivity index (χ2v) is 5.34. The van der Waals surface area contributed by atoms with Crippen LogP contribution < -0.4 is 0 Å². The van der Waals surface area contributed by atoms with Crippen molar-refractivity contribution in [2.24, 2.45) is 0 Å². The Balaban J connectivity index is 1.95. The van der Waals surface area contributed by atoms with E-state index in [-0.39, 0.29) is 0 Å². The predicted molar refractivity (Wildman–Crippen MR) is 72.0 cm³/mol. The molecule has 0 unspecified atom stereocenters. The van der Waals surface area contributed by atoms with Gasteiger partial charge < -0.3 is 0 Å². The summed E-state index contributed by atoms with van der Waals surface area (Å²) in [5.41, 5.74) is 3.77. The first-order chi connectivity index (χ1) is 8.33. The lowest BCUT2D eigenvalue weighted by Gasteiger charge is -2.00. The van der Waals surface area contributed by atoms with Gasteiger partial charge in [-0.3, -0.25) is 4.79 Å². The summed E-state index contributed by atoms with van der Waals surface area (Å²) in [5, 5.41) is 0. The normalized spacial score (nSPS) is 23.1. The van der Waals surface area contributed by atoms with Crippen LogP contribution in [0, 0.1) is 0 Å². The summed E-state index contributed by atoms with van der Waals surface area (Å²) in [6.07, 6.45) is 14.1. The van der Waals surface area contributed by atoms with E-state index in [1.807, 2.05) is 0 Å². The van der Waals surface area contributed by atoms with Crippen molar-refractivity contribution >= 4 is 5.78 Å². The molecule has 2 aliphatic carbocycles. The van der Waals surface area contributed by atoms with Gasteiger partial charge in [0.2, 0.25) is 0 Å². The smallest absolute Gasteiger partial charge is 0.184 e. The quantitative estimate of drug-likeness (QED) is 0.506. The third kappa shape index (κ3) is 3.08. The van der Waals surface area contributed by atoms with Crippen molar-refractivity contribution in [1.82, 2.24) is 0 Å². The number of Topliss-reactive ketones (excluding diaryl/α,β-unsaturated/α-hetero) is 1. The van der Waals surface area contributed by atoms with E-state index in [4.69, 9.17) is 0 Å². The molecule has 1 nitrogen and oxygen atoms in total. The Morgan fingerprint density at radius 1 is 1.06 bits per heavy atom. The first kappa shape index (κ1) is 12.6. The van der Waals surface area contributed by atoms with Gasteiger partial charge in [-0.1, -0.05) is 31.4 Å². The molecule has 0 amide bonds. The molecule has 0 aromatic carbocycles. The molecule has 0 aromatic rings. The van der Waals surface area contributed by atoms with Crippen molar-refractivity contribution in [3.05, 3.63) is 22.8 Å². The van der Waals surface area contributed by atoms with Gasteiger partial charge in [0, 0.05) is 0 Å². The molecule has 2 aliphatic rings. The van der Waals surface area contributed by atoms with Gasteiger partial charge in [0.05, 0.1) is 0 Å². The third-order valence-corrected chi connectivity index (χ3v) is 4.04. The van der Waals surface area contributed by atoms with Crippen molar-refractivity contribution in [3.8, 4) is 0 Å². The molecule has 0 saturated heterocycles. The second kappa shape index (κ2) is 6.18. The highest BCUT2D eigenvalue weighted by atomic mass is 16.1. The van der Waals surface area contributed by atoms with E-state index in [1.165, 1.54) is 56.1 Å². The minimum atomic E-state index is 0.387. The van der Waals surface area contributed by atoms with Crippen LogP contribution in [0.15, 0.2) is 22.8 Å². The Bertz CT molecular complexity index is 339. The summed E-state index contributed by atoms with van der Waals surface area (Å²) in [6, 6.07) is 0. The van der Waals surface area contributed by atoms with Crippen LogP contribution in [-0.2, 0) is 4.79 Å². The van der Waals surface area contributed by atoms with E-state index >= 15 is 0 Å². The zero-order valence-electron chi connectivity index (χ0n) is 11.1. The zero-order valence-corrected chi connectivity index (χ0v) is 11.1. The number of allylic oxidation sites excluding steroid dienone is 4. The molecule has 0 heterocycles. The Morgan fingerprint density at radius 3 is 2.53 bits per heavy atom. The molecule has 2 saturated carbocycles. The topological polar surface area (TPSA) is 17.1 Å². The molecule has 0 spiro atoms. The molecule has 0 bridgehead atoms. The van der Waals surface area contributed by atoms with Crippen molar-refractivity contribution < 1.29 is 4.79 Å². The van der Waals surface area contributed by atoms with Crippen LogP contribution in [0.1, 0.15) is 71.1 Å². The van der Waals surface area contributed by atoms with Gasteiger partial charge in [-0.25, -0.2) is 0 Å². The molecular weight excluding hydrogens is 208 g/mol. The minimum Gasteiger partial charge on any atom is -0.289 e. The van der Waals surface area contributed by atoms with Crippen LogP contribution in [0.2, 0.25) is 0 Å². The molecule has 94 valence electrons. The first-order valence-corrected chi connectivity index (χ1v) is 7.27. The maximum absolute atomic E-state index is 12.2. The highest BCUT2D eigenvalue weighted by Gasteiger charge is 2.26. The fourth-order valence-corrected chi connectivity index (χ4v) is 2.99. The van der Waals surface area contributed by atoms with Crippen molar-refractivity contribution in [2.45, 2.75) is 71.1 Å². The molecular formula is C16H24O. The fraction of sp³-hybridized carbons (Fsp3) is 0.688. The molecule has 0 aliphatic heterocycles. The number of rotatable bonds is 4. The highest BCUT2D eigenvalue weighted by Crippen LogP contribution is 2.35. The van der Waals surface area contributed by atoms with Gasteiger partial charge in [-0.05, 0) is 62.5 Å². The fourth-order valence-electron chi connectivity index (χ4n) is 2.99. The van der Waals surface area contributed by atoms with E-state index in [9.17, 15) is 4.79 Å². The second-order valence-electron chi connectivity index (χ2n) is 5.34. The van der Waals surface area contributed by atoms with Crippen molar-refractivity contribution in [2.75, 3.05) is 0 Å². The molecule has 0 radical (unpaired) electrons. The Kier molecular flexibility index (Phi) is 4.58. The zero-order chi connectivity index (χ0) is 12.1. The van der Waals surface area contributed by atoms with Crippen LogP contribution in [-0.4, -0.2) is 5.78 Å². The number of unbranched alkanes of at least 4 members (excludes halogenated alkanes) is 3. The van der Waals surface area contributed by atoms with Gasteiger partial charge in [0.15, 0.2) is 5.78 Å². The van der Waals surface area contributed by atoms with Gasteiger partial charge in [0.25, 0.3) is 0 Å². The summed E-state index contributed by atoms with van der Waals surface area (Å²) in [5.74, 6) is 0.387. The lowest BCUT2D eigenvalue weighted by Crippen LogP contribution is -1.98. The summed E-state index contributed by atoms with van der Waals surface area (Å²) >= 11 is 0. The van der Waals surface area contributed by atoms with Crippen LogP contribution in [0.5, 0.6) is 0 Å². The standard InChI is InChI=1S/C16H24O/c1-2-3-4-5-10-14-11-12-15(16(14)17)13-8-6-7-9-13/h10H,2-9,11-12H2,1H3/b14-10-. The summed E-state index contributed by atoms with van der Waals surface area (Å²) < 4.78 is 0. The van der Waals surface area contributed by atoms with Gasteiger partial charge in [0.1, 0.15) is 0 Å². The maximum Gasteiger partial charge on any atom is 0.184 e.